The molecule has 1 aromatic rings. The second-order valence-corrected chi connectivity index (χ2v) is 8.95. The number of benzene rings is 1. The first-order chi connectivity index (χ1) is 16.3. The van der Waals surface area contributed by atoms with Gasteiger partial charge in [0.2, 0.25) is 0 Å². The van der Waals surface area contributed by atoms with E-state index in [-0.39, 0.29) is 30.6 Å². The van der Waals surface area contributed by atoms with Gasteiger partial charge in [-0.2, -0.15) is 0 Å². The van der Waals surface area contributed by atoms with Crippen molar-refractivity contribution in [3.63, 3.8) is 0 Å². The van der Waals surface area contributed by atoms with Crippen LogP contribution in [-0.2, 0) is 30.3 Å². The molecule has 10 heteroatoms. The third-order valence-electron chi connectivity index (χ3n) is 4.93. The molecule has 1 rings (SSSR count). The van der Waals surface area contributed by atoms with Crippen LogP contribution in [0.15, 0.2) is 18.2 Å². The maximum atomic E-state index is 12.2. The van der Waals surface area contributed by atoms with Gasteiger partial charge in [-0.3, -0.25) is 14.4 Å². The average molecular weight is 496 g/mol. The minimum Gasteiger partial charge on any atom is -0.480 e. The molecule has 0 fully saturated rings. The molecule has 0 aliphatic carbocycles. The van der Waals surface area contributed by atoms with Crippen molar-refractivity contribution in [1.82, 2.24) is 5.32 Å². The Morgan fingerprint density at radius 3 is 1.91 bits per heavy atom. The van der Waals surface area contributed by atoms with Gasteiger partial charge in [-0.05, 0) is 44.4 Å². The second kappa shape index (κ2) is 14.3. The van der Waals surface area contributed by atoms with E-state index in [4.69, 9.17) is 18.9 Å². The normalized spacial score (nSPS) is 13.6. The Balaban J connectivity index is 2.94. The SMILES string of the molecule is CCC(C)OC(=O)OC(C)CN[C@@H](Cc1ccc(OC(=O)C(C)C)c(OC(=O)C(C)C)c1)C(=O)O. The minimum atomic E-state index is -1.12. The first-order valence-electron chi connectivity index (χ1n) is 11.7. The van der Waals surface area contributed by atoms with E-state index < -0.39 is 48.0 Å². The number of carboxylic acids is 1. The summed E-state index contributed by atoms with van der Waals surface area (Å²) in [5, 5.41) is 12.5. The Morgan fingerprint density at radius 1 is 0.857 bits per heavy atom. The molecule has 0 saturated heterocycles. The van der Waals surface area contributed by atoms with Crippen LogP contribution in [0.2, 0.25) is 0 Å². The van der Waals surface area contributed by atoms with E-state index in [1.165, 1.54) is 12.1 Å². The molecule has 10 nitrogen and oxygen atoms in total. The van der Waals surface area contributed by atoms with Crippen LogP contribution in [0.4, 0.5) is 4.79 Å². The Hall–Kier alpha value is -3.14. The van der Waals surface area contributed by atoms with Gasteiger partial charge in [0.1, 0.15) is 18.2 Å². The number of rotatable bonds is 13. The van der Waals surface area contributed by atoms with Crippen LogP contribution < -0.4 is 14.8 Å². The molecule has 0 bridgehead atoms. The van der Waals surface area contributed by atoms with E-state index >= 15 is 0 Å². The zero-order valence-electron chi connectivity index (χ0n) is 21.5. The maximum Gasteiger partial charge on any atom is 0.508 e. The first kappa shape index (κ1) is 29.9. The molecule has 3 atom stereocenters. The molecule has 0 radical (unpaired) electrons. The summed E-state index contributed by atoms with van der Waals surface area (Å²) >= 11 is 0. The lowest BCUT2D eigenvalue weighted by molar-refractivity contribution is -0.140. The zero-order chi connectivity index (χ0) is 26.7. The van der Waals surface area contributed by atoms with Gasteiger partial charge in [-0.15, -0.1) is 0 Å². The van der Waals surface area contributed by atoms with Gasteiger partial charge in [0.15, 0.2) is 11.5 Å². The number of carbonyl (C=O) groups is 4. The molecule has 0 heterocycles. The predicted molar refractivity (Wildman–Crippen MR) is 127 cm³/mol. The number of carboxylic acid groups (broad SMARTS) is 1. The van der Waals surface area contributed by atoms with Crippen molar-refractivity contribution in [2.24, 2.45) is 11.8 Å². The average Bonchev–Trinajstić information content (AvgIpc) is 2.77. The monoisotopic (exact) mass is 495 g/mol. The van der Waals surface area contributed by atoms with E-state index in [2.05, 4.69) is 5.32 Å². The maximum absolute atomic E-state index is 12.2. The fourth-order valence-electron chi connectivity index (χ4n) is 2.57. The van der Waals surface area contributed by atoms with E-state index in [0.717, 1.165) is 0 Å². The van der Waals surface area contributed by atoms with Crippen LogP contribution in [0.5, 0.6) is 11.5 Å². The molecule has 0 aliphatic heterocycles. The van der Waals surface area contributed by atoms with Gasteiger partial charge in [0.25, 0.3) is 0 Å². The molecule has 2 N–H and O–H groups in total. The van der Waals surface area contributed by atoms with Crippen LogP contribution in [-0.4, -0.2) is 54.0 Å². The fourth-order valence-corrected chi connectivity index (χ4v) is 2.57. The standard InChI is InChI=1S/C25H37NO9/c1-8-16(6)32-25(31)33-17(7)13-26-19(22(27)28)11-18-9-10-20(34-23(29)14(2)3)21(12-18)35-24(30)15(4)5/h9-10,12,14-17,19,26H,8,11,13H2,1-7H3,(H,27,28)/t16?,17?,19-/m0/s1. The largest absolute Gasteiger partial charge is 0.508 e. The molecule has 0 spiro atoms. The van der Waals surface area contributed by atoms with Crippen LogP contribution in [0.3, 0.4) is 0 Å². The smallest absolute Gasteiger partial charge is 0.480 e. The van der Waals surface area contributed by atoms with Gasteiger partial charge < -0.3 is 29.4 Å². The first-order valence-corrected chi connectivity index (χ1v) is 11.7. The predicted octanol–water partition coefficient (Wildman–Crippen LogP) is 3.73. The summed E-state index contributed by atoms with van der Waals surface area (Å²) in [5.41, 5.74) is 0.533. The summed E-state index contributed by atoms with van der Waals surface area (Å²) in [5.74, 6) is -2.84. The van der Waals surface area contributed by atoms with Gasteiger partial charge in [0.05, 0.1) is 11.8 Å². The van der Waals surface area contributed by atoms with Gasteiger partial charge in [0, 0.05) is 6.54 Å². The summed E-state index contributed by atoms with van der Waals surface area (Å²) in [6, 6.07) is 3.51. The van der Waals surface area contributed by atoms with Crippen LogP contribution >= 0.6 is 0 Å². The fraction of sp³-hybridized carbons (Fsp3) is 0.600. The molecular formula is C25H37NO9. The molecule has 2 unspecified atom stereocenters. The van der Waals surface area contributed by atoms with E-state index in [0.29, 0.717) is 12.0 Å². The van der Waals surface area contributed by atoms with Crippen LogP contribution in [0.25, 0.3) is 0 Å². The number of hydrogen-bond acceptors (Lipinski definition) is 9. The highest BCUT2D eigenvalue weighted by Gasteiger charge is 2.23. The molecule has 0 saturated carbocycles. The number of carbonyl (C=O) groups excluding carboxylic acids is 3. The van der Waals surface area contributed by atoms with Crippen molar-refractivity contribution in [2.45, 2.75) is 79.6 Å². The summed E-state index contributed by atoms with van der Waals surface area (Å²) in [6.07, 6.45) is -1.05. The van der Waals surface area contributed by atoms with Gasteiger partial charge in [-0.25, -0.2) is 4.79 Å². The highest BCUT2D eigenvalue weighted by molar-refractivity contribution is 5.78. The summed E-state index contributed by atoms with van der Waals surface area (Å²) < 4.78 is 20.9. The Bertz CT molecular complexity index is 882. The van der Waals surface area contributed by atoms with E-state index in [1.807, 2.05) is 6.92 Å². The molecule has 196 valence electrons. The van der Waals surface area contributed by atoms with E-state index in [9.17, 15) is 24.3 Å². The van der Waals surface area contributed by atoms with Crippen molar-refractivity contribution >= 4 is 24.1 Å². The topological polar surface area (TPSA) is 137 Å². The lowest BCUT2D eigenvalue weighted by Crippen LogP contribution is -2.42. The Morgan fingerprint density at radius 2 is 1.40 bits per heavy atom. The summed E-state index contributed by atoms with van der Waals surface area (Å²) in [6.45, 7) is 12.0. The highest BCUT2D eigenvalue weighted by Crippen LogP contribution is 2.30. The summed E-state index contributed by atoms with van der Waals surface area (Å²) in [7, 11) is 0. The van der Waals surface area contributed by atoms with Crippen molar-refractivity contribution in [3.8, 4) is 11.5 Å². The summed E-state index contributed by atoms with van der Waals surface area (Å²) in [4.78, 5) is 47.8. The van der Waals surface area contributed by atoms with Crippen molar-refractivity contribution < 1.29 is 43.2 Å². The van der Waals surface area contributed by atoms with Crippen molar-refractivity contribution in [1.29, 1.82) is 0 Å². The lowest BCUT2D eigenvalue weighted by Gasteiger charge is -2.20. The number of esters is 2. The molecule has 0 amide bonds. The quantitative estimate of drug-likeness (QED) is 0.307. The van der Waals surface area contributed by atoms with Gasteiger partial charge >= 0.3 is 24.1 Å². The lowest BCUT2D eigenvalue weighted by atomic mass is 10.0. The number of aliphatic carboxylic acids is 1. The van der Waals surface area contributed by atoms with Crippen LogP contribution in [0, 0.1) is 11.8 Å². The molecular weight excluding hydrogens is 458 g/mol. The highest BCUT2D eigenvalue weighted by atomic mass is 16.7. The number of hydrogen-bond donors (Lipinski definition) is 2. The van der Waals surface area contributed by atoms with Crippen molar-refractivity contribution in [3.05, 3.63) is 23.8 Å². The number of ether oxygens (including phenoxy) is 4. The number of nitrogens with one attached hydrogen (secondary N) is 1. The minimum absolute atomic E-state index is 0.0313. The molecule has 0 aliphatic rings. The third kappa shape index (κ3) is 10.8. The Kier molecular flexibility index (Phi) is 12.2. The molecule has 1 aromatic carbocycles. The zero-order valence-corrected chi connectivity index (χ0v) is 21.5. The second-order valence-electron chi connectivity index (χ2n) is 8.95. The molecule has 0 aromatic heterocycles. The van der Waals surface area contributed by atoms with Gasteiger partial charge in [-0.1, -0.05) is 40.7 Å². The third-order valence-corrected chi connectivity index (χ3v) is 4.93. The Labute approximate surface area is 206 Å². The van der Waals surface area contributed by atoms with Crippen molar-refractivity contribution in [2.75, 3.05) is 6.54 Å². The van der Waals surface area contributed by atoms with E-state index in [1.54, 1.807) is 47.6 Å². The molecule has 35 heavy (non-hydrogen) atoms. The van der Waals surface area contributed by atoms with Crippen LogP contribution in [0.1, 0.15) is 60.5 Å².